The first-order chi connectivity index (χ1) is 16.6. The molecular weight excluding hydrogens is 422 g/mol. The maximum absolute atomic E-state index is 12.7. The molecule has 1 fully saturated rings. The average molecular weight is 454 g/mol. The second kappa shape index (κ2) is 9.79. The van der Waals surface area contributed by atoms with Crippen molar-refractivity contribution in [2.75, 3.05) is 31.5 Å². The zero-order valence-corrected chi connectivity index (χ0v) is 19.9. The van der Waals surface area contributed by atoms with Crippen molar-refractivity contribution in [2.45, 2.75) is 20.0 Å². The number of hydrogen-bond donors (Lipinski definition) is 1. The van der Waals surface area contributed by atoms with Gasteiger partial charge in [0.05, 0.1) is 17.6 Å². The molecule has 5 rings (SSSR count). The molecule has 2 heterocycles. The second-order valence-corrected chi connectivity index (χ2v) is 9.10. The van der Waals surface area contributed by atoms with Crippen LogP contribution in [0.25, 0.3) is 11.0 Å². The number of nitrogens with zero attached hydrogens (tertiary/aromatic N) is 4. The molecule has 0 spiro atoms. The summed E-state index contributed by atoms with van der Waals surface area (Å²) < 4.78 is 2.17. The second-order valence-electron chi connectivity index (χ2n) is 9.10. The van der Waals surface area contributed by atoms with Crippen LogP contribution in [-0.4, -0.2) is 51.4 Å². The van der Waals surface area contributed by atoms with E-state index in [4.69, 9.17) is 4.98 Å². The summed E-state index contributed by atoms with van der Waals surface area (Å²) in [6, 6.07) is 24.3. The number of imidazole rings is 1. The van der Waals surface area contributed by atoms with E-state index < -0.39 is 0 Å². The highest BCUT2D eigenvalue weighted by Gasteiger charge is 2.19. The van der Waals surface area contributed by atoms with Gasteiger partial charge < -0.3 is 9.88 Å². The van der Waals surface area contributed by atoms with E-state index in [1.54, 1.807) is 0 Å². The van der Waals surface area contributed by atoms with Gasteiger partial charge in [-0.3, -0.25) is 14.6 Å². The molecular formula is C28H31N5O. The zero-order chi connectivity index (χ0) is 23.5. The summed E-state index contributed by atoms with van der Waals surface area (Å²) in [7, 11) is 2.07. The SMILES string of the molecule is Cc1ccccc1C(=O)Nc1ccc2c(c1)nc(CN1CCN(Cc3ccccc3)CC1)n2C. The molecule has 4 aromatic rings. The summed E-state index contributed by atoms with van der Waals surface area (Å²) in [6.45, 7) is 7.99. The van der Waals surface area contributed by atoms with E-state index in [2.05, 4.69) is 57.1 Å². The van der Waals surface area contributed by atoms with E-state index in [1.165, 1.54) is 5.56 Å². The fourth-order valence-corrected chi connectivity index (χ4v) is 4.64. The van der Waals surface area contributed by atoms with Crippen molar-refractivity contribution in [1.82, 2.24) is 19.4 Å². The maximum atomic E-state index is 12.7. The zero-order valence-electron chi connectivity index (χ0n) is 19.9. The molecule has 1 saturated heterocycles. The molecule has 1 aliphatic rings. The number of amides is 1. The highest BCUT2D eigenvalue weighted by atomic mass is 16.1. The lowest BCUT2D eigenvalue weighted by molar-refractivity contribution is 0.102. The fraction of sp³-hybridized carbons (Fsp3) is 0.286. The Morgan fingerprint density at radius 1 is 0.882 bits per heavy atom. The van der Waals surface area contributed by atoms with Gasteiger partial charge in [-0.15, -0.1) is 0 Å². The number of anilines is 1. The maximum Gasteiger partial charge on any atom is 0.255 e. The molecule has 0 saturated carbocycles. The van der Waals surface area contributed by atoms with Gasteiger partial charge in [0.15, 0.2) is 0 Å². The predicted molar refractivity (Wildman–Crippen MR) is 137 cm³/mol. The number of nitrogens with one attached hydrogen (secondary N) is 1. The van der Waals surface area contributed by atoms with E-state index >= 15 is 0 Å². The molecule has 0 atom stereocenters. The van der Waals surface area contributed by atoms with Crippen molar-refractivity contribution in [3.05, 3.63) is 95.3 Å². The molecule has 6 heteroatoms. The first kappa shape index (κ1) is 22.3. The Kier molecular flexibility index (Phi) is 6.43. The van der Waals surface area contributed by atoms with Crippen LogP contribution in [0, 0.1) is 6.92 Å². The van der Waals surface area contributed by atoms with Gasteiger partial charge in [0.25, 0.3) is 5.91 Å². The molecule has 0 unspecified atom stereocenters. The molecule has 1 amide bonds. The number of benzene rings is 3. The number of hydrogen-bond acceptors (Lipinski definition) is 4. The average Bonchev–Trinajstić information content (AvgIpc) is 3.15. The van der Waals surface area contributed by atoms with Crippen LogP contribution in [-0.2, 0) is 20.1 Å². The smallest absolute Gasteiger partial charge is 0.255 e. The largest absolute Gasteiger partial charge is 0.330 e. The minimum atomic E-state index is -0.0954. The minimum absolute atomic E-state index is 0.0954. The van der Waals surface area contributed by atoms with Crippen LogP contribution < -0.4 is 5.32 Å². The lowest BCUT2D eigenvalue weighted by Crippen LogP contribution is -2.45. The van der Waals surface area contributed by atoms with Gasteiger partial charge >= 0.3 is 0 Å². The fourth-order valence-electron chi connectivity index (χ4n) is 4.64. The summed E-state index contributed by atoms with van der Waals surface area (Å²) in [6.07, 6.45) is 0. The standard InChI is InChI=1S/C28H31N5O/c1-21-8-6-7-11-24(21)28(34)29-23-12-13-26-25(18-23)30-27(31(26)2)20-33-16-14-32(15-17-33)19-22-9-4-3-5-10-22/h3-13,18H,14-17,19-20H2,1-2H3,(H,29,34). The number of carbonyl (C=O) groups is 1. The number of aryl methyl sites for hydroxylation is 2. The van der Waals surface area contributed by atoms with Crippen molar-refractivity contribution in [2.24, 2.45) is 7.05 Å². The van der Waals surface area contributed by atoms with Gasteiger partial charge in [-0.25, -0.2) is 4.98 Å². The minimum Gasteiger partial charge on any atom is -0.330 e. The highest BCUT2D eigenvalue weighted by Crippen LogP contribution is 2.22. The van der Waals surface area contributed by atoms with Crippen LogP contribution in [0.4, 0.5) is 5.69 Å². The Bertz CT molecular complexity index is 1290. The summed E-state index contributed by atoms with van der Waals surface area (Å²) in [5.41, 5.74) is 5.77. The molecule has 1 N–H and O–H groups in total. The molecule has 34 heavy (non-hydrogen) atoms. The van der Waals surface area contributed by atoms with Gasteiger partial charge in [0.2, 0.25) is 0 Å². The highest BCUT2D eigenvalue weighted by molar-refractivity contribution is 6.05. The lowest BCUT2D eigenvalue weighted by atomic mass is 10.1. The summed E-state index contributed by atoms with van der Waals surface area (Å²) in [5, 5.41) is 3.02. The van der Waals surface area contributed by atoms with Crippen LogP contribution in [0.5, 0.6) is 0 Å². The Hall–Kier alpha value is -3.48. The molecule has 1 aliphatic heterocycles. The van der Waals surface area contributed by atoms with E-state index in [0.29, 0.717) is 5.56 Å². The van der Waals surface area contributed by atoms with Crippen molar-refractivity contribution < 1.29 is 4.79 Å². The van der Waals surface area contributed by atoms with Crippen LogP contribution in [0.1, 0.15) is 27.3 Å². The number of carbonyl (C=O) groups excluding carboxylic acids is 1. The van der Waals surface area contributed by atoms with Crippen LogP contribution in [0.3, 0.4) is 0 Å². The van der Waals surface area contributed by atoms with Crippen LogP contribution in [0.2, 0.25) is 0 Å². The number of fused-ring (bicyclic) bond motifs is 1. The van der Waals surface area contributed by atoms with Gasteiger partial charge in [-0.1, -0.05) is 48.5 Å². The number of aromatic nitrogens is 2. The summed E-state index contributed by atoms with van der Waals surface area (Å²) >= 11 is 0. The lowest BCUT2D eigenvalue weighted by Gasteiger charge is -2.34. The molecule has 0 bridgehead atoms. The molecule has 174 valence electrons. The van der Waals surface area contributed by atoms with Crippen molar-refractivity contribution in [3.8, 4) is 0 Å². The molecule has 1 aromatic heterocycles. The Morgan fingerprint density at radius 3 is 2.29 bits per heavy atom. The summed E-state index contributed by atoms with van der Waals surface area (Å²) in [4.78, 5) is 22.6. The first-order valence-electron chi connectivity index (χ1n) is 11.9. The topological polar surface area (TPSA) is 53.4 Å². The number of rotatable bonds is 6. The van der Waals surface area contributed by atoms with E-state index in [-0.39, 0.29) is 5.91 Å². The van der Waals surface area contributed by atoms with Gasteiger partial charge in [0, 0.05) is 51.0 Å². The quantitative estimate of drug-likeness (QED) is 0.469. The third-order valence-corrected chi connectivity index (χ3v) is 6.70. The van der Waals surface area contributed by atoms with Gasteiger partial charge in [-0.05, 0) is 42.3 Å². The Labute approximate surface area is 200 Å². The van der Waals surface area contributed by atoms with Crippen LogP contribution >= 0.6 is 0 Å². The van der Waals surface area contributed by atoms with Crippen molar-refractivity contribution >= 4 is 22.6 Å². The summed E-state index contributed by atoms with van der Waals surface area (Å²) in [5.74, 6) is 0.955. The van der Waals surface area contributed by atoms with Crippen LogP contribution in [0.15, 0.2) is 72.8 Å². The third-order valence-electron chi connectivity index (χ3n) is 6.70. The molecule has 0 radical (unpaired) electrons. The van der Waals surface area contributed by atoms with Crippen molar-refractivity contribution in [1.29, 1.82) is 0 Å². The Morgan fingerprint density at radius 2 is 1.56 bits per heavy atom. The molecule has 3 aromatic carbocycles. The monoisotopic (exact) mass is 453 g/mol. The van der Waals surface area contributed by atoms with Gasteiger partial charge in [-0.2, -0.15) is 0 Å². The first-order valence-corrected chi connectivity index (χ1v) is 11.9. The molecule has 0 aliphatic carbocycles. The van der Waals surface area contributed by atoms with Crippen molar-refractivity contribution in [3.63, 3.8) is 0 Å². The van der Waals surface area contributed by atoms with E-state index in [1.807, 2.05) is 49.4 Å². The third kappa shape index (κ3) is 4.88. The van der Waals surface area contributed by atoms with Gasteiger partial charge in [0.1, 0.15) is 5.82 Å². The number of piperazine rings is 1. The predicted octanol–water partition coefficient (Wildman–Crippen LogP) is 4.45. The van der Waals surface area contributed by atoms with E-state index in [0.717, 1.165) is 67.4 Å². The van der Waals surface area contributed by atoms with E-state index in [9.17, 15) is 4.79 Å². The normalized spacial score (nSPS) is 15.0. The Balaban J connectivity index is 1.23. The molecule has 6 nitrogen and oxygen atoms in total.